The van der Waals surface area contributed by atoms with Crippen molar-refractivity contribution in [3.8, 4) is 0 Å². The summed E-state index contributed by atoms with van der Waals surface area (Å²) in [5.74, 6) is -4.51. The predicted octanol–water partition coefficient (Wildman–Crippen LogP) is -0.500. The molecule has 2 amide bonds. The van der Waals surface area contributed by atoms with E-state index in [2.05, 4.69) is 20.4 Å². The molecule has 1 aliphatic rings. The zero-order chi connectivity index (χ0) is 40.8. The lowest BCUT2D eigenvalue weighted by molar-refractivity contribution is -0.148. The van der Waals surface area contributed by atoms with Crippen molar-refractivity contribution in [1.29, 1.82) is 0 Å². The third-order valence-corrected chi connectivity index (χ3v) is 8.70. The fourth-order valence-corrected chi connectivity index (χ4v) is 5.45. The molecule has 0 spiro atoms. The average Bonchev–Trinajstić information content (AvgIpc) is 3.11. The molecule has 0 radical (unpaired) electrons. The summed E-state index contributed by atoms with van der Waals surface area (Å²) in [7, 11) is 1.97. The van der Waals surface area contributed by atoms with Crippen LogP contribution in [0.2, 0.25) is 0 Å². The molecule has 316 valence electrons. The van der Waals surface area contributed by atoms with Gasteiger partial charge in [-0.15, -0.1) is 0 Å². The Morgan fingerprint density at radius 2 is 1.15 bits per heavy atom. The van der Waals surface area contributed by atoms with Crippen molar-refractivity contribution in [2.24, 2.45) is 0 Å². The van der Waals surface area contributed by atoms with Gasteiger partial charge in [-0.2, -0.15) is 0 Å². The van der Waals surface area contributed by atoms with Crippen molar-refractivity contribution < 1.29 is 68.2 Å². The molecular formula is C35H62N6O14. The topological polar surface area (TPSA) is 265 Å². The number of amides is 2. The first-order valence-electron chi connectivity index (χ1n) is 18.9. The van der Waals surface area contributed by atoms with E-state index in [4.69, 9.17) is 24.4 Å². The molecule has 1 fully saturated rings. The number of hydrogen-bond donors (Lipinski definition) is 6. The number of Topliss-reactive ketones (excluding diaryl/α,β-unsaturated/α-hetero) is 1. The van der Waals surface area contributed by atoms with Crippen LogP contribution < -0.4 is 10.6 Å². The van der Waals surface area contributed by atoms with Crippen molar-refractivity contribution in [1.82, 2.24) is 30.2 Å². The van der Waals surface area contributed by atoms with Gasteiger partial charge in [-0.1, -0.05) is 12.8 Å². The Balaban J connectivity index is 2.13. The Labute approximate surface area is 322 Å². The number of carbonyl (C=O) groups is 7. The Bertz CT molecular complexity index is 1180. The average molecular weight is 791 g/mol. The van der Waals surface area contributed by atoms with Gasteiger partial charge in [0.2, 0.25) is 12.0 Å². The van der Waals surface area contributed by atoms with E-state index in [9.17, 15) is 43.8 Å². The first-order chi connectivity index (χ1) is 26.2. The minimum Gasteiger partial charge on any atom is -0.481 e. The van der Waals surface area contributed by atoms with E-state index in [0.717, 1.165) is 19.4 Å². The zero-order valence-corrected chi connectivity index (χ0v) is 32.1. The molecule has 1 heterocycles. The number of likely N-dealkylation sites (N-methyl/N-ethyl adjacent to an activating group) is 1. The maximum absolute atomic E-state index is 12.5. The lowest BCUT2D eigenvalue weighted by atomic mass is 10.1. The number of nitrogens with zero attached hydrogens (tertiary/aromatic N) is 4. The maximum atomic E-state index is 12.5. The summed E-state index contributed by atoms with van der Waals surface area (Å²) >= 11 is 0. The summed E-state index contributed by atoms with van der Waals surface area (Å²) < 4.78 is 15.7. The van der Waals surface area contributed by atoms with Crippen LogP contribution in [0.5, 0.6) is 0 Å². The molecule has 6 N–H and O–H groups in total. The Kier molecular flexibility index (Phi) is 27.0. The van der Waals surface area contributed by atoms with Crippen molar-refractivity contribution in [2.45, 2.75) is 63.9 Å². The van der Waals surface area contributed by atoms with Crippen molar-refractivity contribution in [3.63, 3.8) is 0 Å². The molecule has 0 saturated carbocycles. The minimum atomic E-state index is -1.53. The molecule has 0 aromatic carbocycles. The number of ketones is 1. The number of carboxylic acids is 4. The van der Waals surface area contributed by atoms with Gasteiger partial charge < -0.3 is 55.1 Å². The molecular weight excluding hydrogens is 728 g/mol. The number of ether oxygens (including phenoxy) is 3. The number of nitrogens with one attached hydrogen (secondary N) is 2. The van der Waals surface area contributed by atoms with E-state index in [1.807, 2.05) is 11.9 Å². The number of rotatable bonds is 28. The molecule has 20 nitrogen and oxygen atoms in total. The molecule has 0 bridgehead atoms. The smallest absolute Gasteiger partial charge is 0.407 e. The van der Waals surface area contributed by atoms with Crippen LogP contribution in [-0.2, 0) is 43.0 Å². The van der Waals surface area contributed by atoms with Crippen LogP contribution in [0.4, 0.5) is 4.79 Å². The summed E-state index contributed by atoms with van der Waals surface area (Å²) in [6.07, 6.45) is 0.565. The molecule has 1 saturated heterocycles. The first kappa shape index (κ1) is 49.1. The Hall–Kier alpha value is -3.95. The van der Waals surface area contributed by atoms with Crippen molar-refractivity contribution in [3.05, 3.63) is 0 Å². The van der Waals surface area contributed by atoms with Gasteiger partial charge >= 0.3 is 30.0 Å². The van der Waals surface area contributed by atoms with Crippen LogP contribution >= 0.6 is 0 Å². The molecule has 0 aliphatic carbocycles. The minimum absolute atomic E-state index is 0.0769. The second kappa shape index (κ2) is 30.3. The van der Waals surface area contributed by atoms with Gasteiger partial charge in [-0.3, -0.25) is 33.8 Å². The SMILES string of the molecule is CN1CCN(CCC(=O)NCCOCCOCCC(=O)CCCCCCNC(=O)O[C@@H](CCC(=O)O)C(=O)O)CCN(CC(=O)O)CCN(CC(=O)O)CC1. The number of carbonyl (C=O) groups excluding carboxylic acids is 3. The van der Waals surface area contributed by atoms with Crippen LogP contribution in [0, 0.1) is 0 Å². The molecule has 1 aliphatic heterocycles. The van der Waals surface area contributed by atoms with Crippen LogP contribution in [0.15, 0.2) is 0 Å². The van der Waals surface area contributed by atoms with Gasteiger partial charge in [0.1, 0.15) is 5.78 Å². The second-order valence-electron chi connectivity index (χ2n) is 13.4. The zero-order valence-electron chi connectivity index (χ0n) is 32.1. The lowest BCUT2D eigenvalue weighted by Crippen LogP contribution is -2.47. The van der Waals surface area contributed by atoms with Crippen molar-refractivity contribution >= 4 is 41.7 Å². The van der Waals surface area contributed by atoms with Crippen LogP contribution in [0.1, 0.15) is 57.8 Å². The highest BCUT2D eigenvalue weighted by atomic mass is 16.6. The highest BCUT2D eigenvalue weighted by Crippen LogP contribution is 2.07. The molecule has 0 unspecified atom stereocenters. The van der Waals surface area contributed by atoms with E-state index in [1.54, 1.807) is 4.90 Å². The summed E-state index contributed by atoms with van der Waals surface area (Å²) in [5.41, 5.74) is 0. The van der Waals surface area contributed by atoms with Gasteiger partial charge in [-0.25, -0.2) is 9.59 Å². The van der Waals surface area contributed by atoms with E-state index in [-0.39, 0.29) is 57.2 Å². The summed E-state index contributed by atoms with van der Waals surface area (Å²) in [6, 6.07) is 0. The quantitative estimate of drug-likeness (QED) is 0.0546. The van der Waals surface area contributed by atoms with E-state index < -0.39 is 42.5 Å². The maximum Gasteiger partial charge on any atom is 0.407 e. The molecule has 0 aromatic rings. The van der Waals surface area contributed by atoms with E-state index in [1.165, 1.54) is 0 Å². The summed E-state index contributed by atoms with van der Waals surface area (Å²) in [6.45, 7) is 6.59. The predicted molar refractivity (Wildman–Crippen MR) is 197 cm³/mol. The standard InChI is InChI=1S/C35H62N6O14/c1-38-14-16-39(18-19-41(27-33(48)49)21-20-40(17-15-38)26-32(46)47)13-9-30(43)36-12-23-54-25-24-53-22-10-28(42)6-4-2-3-5-11-37-35(52)55-29(34(50)51)7-8-31(44)45/h29H,2-27H2,1H3,(H,36,43)(H,37,52)(H,44,45)(H,46,47)(H,48,49)(H,50,51)/t29-/m0/s1. The highest BCUT2D eigenvalue weighted by Gasteiger charge is 2.23. The largest absolute Gasteiger partial charge is 0.481 e. The Morgan fingerprint density at radius 3 is 1.75 bits per heavy atom. The summed E-state index contributed by atoms with van der Waals surface area (Å²) in [5, 5.41) is 41.6. The first-order valence-corrected chi connectivity index (χ1v) is 18.9. The molecule has 0 aromatic heterocycles. The van der Waals surface area contributed by atoms with Gasteiger partial charge in [0, 0.05) is 104 Å². The number of carboxylic acid groups (broad SMARTS) is 4. The molecule has 55 heavy (non-hydrogen) atoms. The number of aliphatic carboxylic acids is 4. The molecule has 20 heteroatoms. The number of hydrogen-bond acceptors (Lipinski definition) is 14. The van der Waals surface area contributed by atoms with Crippen molar-refractivity contribution in [2.75, 3.05) is 119 Å². The normalized spacial score (nSPS) is 15.9. The molecule has 1 atom stereocenters. The van der Waals surface area contributed by atoms with Gasteiger partial charge in [-0.05, 0) is 19.9 Å². The lowest BCUT2D eigenvalue weighted by Gasteiger charge is -2.32. The molecule has 1 rings (SSSR count). The highest BCUT2D eigenvalue weighted by molar-refractivity contribution is 5.79. The number of alkyl carbamates (subject to hydrolysis) is 1. The van der Waals surface area contributed by atoms with E-state index in [0.29, 0.717) is 98.0 Å². The van der Waals surface area contributed by atoms with Gasteiger partial charge in [0.25, 0.3) is 0 Å². The summed E-state index contributed by atoms with van der Waals surface area (Å²) in [4.78, 5) is 88.6. The third-order valence-electron chi connectivity index (χ3n) is 8.70. The monoisotopic (exact) mass is 790 g/mol. The van der Waals surface area contributed by atoms with E-state index >= 15 is 0 Å². The van der Waals surface area contributed by atoms with Gasteiger partial charge in [0.05, 0.1) is 39.5 Å². The Morgan fingerprint density at radius 1 is 0.582 bits per heavy atom. The van der Waals surface area contributed by atoms with Crippen LogP contribution in [-0.4, -0.2) is 206 Å². The van der Waals surface area contributed by atoms with Crippen LogP contribution in [0.25, 0.3) is 0 Å². The third kappa shape index (κ3) is 28.2. The van der Waals surface area contributed by atoms with Gasteiger partial charge in [0.15, 0.2) is 0 Å². The second-order valence-corrected chi connectivity index (χ2v) is 13.4. The van der Waals surface area contributed by atoms with Crippen LogP contribution in [0.3, 0.4) is 0 Å². The fraction of sp³-hybridized carbons (Fsp3) is 0.800. The fourth-order valence-electron chi connectivity index (χ4n) is 5.45. The number of unbranched alkanes of at least 4 members (excludes halogenated alkanes) is 3.